The number of aliphatic carboxylic acids is 1. The lowest BCUT2D eigenvalue weighted by Gasteiger charge is -2.32. The Kier molecular flexibility index (Phi) is 4.89. The van der Waals surface area contributed by atoms with E-state index < -0.39 is 5.97 Å². The molecule has 1 aromatic carbocycles. The van der Waals surface area contributed by atoms with Crippen molar-refractivity contribution in [1.82, 2.24) is 14.7 Å². The maximum Gasteiger partial charge on any atom is 0.325 e. The van der Waals surface area contributed by atoms with Crippen LogP contribution in [0.5, 0.6) is 17.2 Å². The van der Waals surface area contributed by atoms with Gasteiger partial charge >= 0.3 is 5.97 Å². The van der Waals surface area contributed by atoms with Gasteiger partial charge in [0.2, 0.25) is 12.5 Å². The minimum Gasteiger partial charge on any atom is -0.493 e. The molecule has 8 heteroatoms. The number of hydrogen-bond donors (Lipinski definition) is 1. The predicted molar refractivity (Wildman–Crippen MR) is 96.2 cm³/mol. The molecule has 144 valence electrons. The lowest BCUT2D eigenvalue weighted by molar-refractivity contribution is -0.137. The summed E-state index contributed by atoms with van der Waals surface area (Å²) in [6.45, 7) is 2.82. The summed E-state index contributed by atoms with van der Waals surface area (Å²) in [6, 6.07) is 5.94. The first-order valence-corrected chi connectivity index (χ1v) is 9.06. The zero-order valence-electron chi connectivity index (χ0n) is 15.3. The van der Waals surface area contributed by atoms with Crippen LogP contribution in [0.25, 0.3) is 0 Å². The minimum atomic E-state index is -0.883. The number of nitrogens with zero attached hydrogens (tertiary/aromatic N) is 3. The molecular weight excluding hydrogens is 350 g/mol. The summed E-state index contributed by atoms with van der Waals surface area (Å²) in [5.41, 5.74) is 2.08. The molecule has 0 spiro atoms. The normalized spacial score (nSPS) is 19.2. The van der Waals surface area contributed by atoms with Crippen molar-refractivity contribution in [3.05, 3.63) is 35.7 Å². The molecule has 8 nitrogen and oxygen atoms in total. The maximum absolute atomic E-state index is 10.8. The monoisotopic (exact) mass is 373 g/mol. The minimum absolute atomic E-state index is 0.104. The average molecular weight is 373 g/mol. The van der Waals surface area contributed by atoms with E-state index in [1.807, 2.05) is 18.2 Å². The van der Waals surface area contributed by atoms with E-state index in [9.17, 15) is 4.79 Å². The van der Waals surface area contributed by atoms with Crippen molar-refractivity contribution in [2.24, 2.45) is 0 Å². The molecular formula is C19H23N3O5. The molecule has 2 aliphatic heterocycles. The molecule has 3 heterocycles. The molecule has 4 rings (SSSR count). The Morgan fingerprint density at radius 3 is 3.11 bits per heavy atom. The van der Waals surface area contributed by atoms with Crippen LogP contribution in [0.4, 0.5) is 0 Å². The number of hydrogen-bond acceptors (Lipinski definition) is 6. The predicted octanol–water partition coefficient (Wildman–Crippen LogP) is 2.08. The van der Waals surface area contributed by atoms with Gasteiger partial charge in [-0.15, -0.1) is 0 Å². The quantitative estimate of drug-likeness (QED) is 0.830. The summed E-state index contributed by atoms with van der Waals surface area (Å²) < 4.78 is 17.9. The summed E-state index contributed by atoms with van der Waals surface area (Å²) in [7, 11) is 1.63. The molecule has 0 saturated carbocycles. The Labute approximate surface area is 157 Å². The second-order valence-corrected chi connectivity index (χ2v) is 6.94. The van der Waals surface area contributed by atoms with Crippen molar-refractivity contribution in [3.8, 4) is 17.2 Å². The summed E-state index contributed by atoms with van der Waals surface area (Å²) >= 11 is 0. The highest BCUT2D eigenvalue weighted by Gasteiger charge is 2.25. The first-order valence-electron chi connectivity index (χ1n) is 9.06. The summed E-state index contributed by atoms with van der Waals surface area (Å²) in [5, 5.41) is 13.3. The van der Waals surface area contributed by atoms with Crippen LogP contribution in [-0.4, -0.2) is 52.7 Å². The van der Waals surface area contributed by atoms with Gasteiger partial charge in [0.15, 0.2) is 11.5 Å². The van der Waals surface area contributed by atoms with Gasteiger partial charge in [-0.3, -0.25) is 14.4 Å². The van der Waals surface area contributed by atoms with Crippen LogP contribution in [-0.2, 0) is 17.9 Å². The van der Waals surface area contributed by atoms with Gasteiger partial charge in [-0.05, 0) is 43.1 Å². The lowest BCUT2D eigenvalue weighted by Crippen LogP contribution is -2.34. The van der Waals surface area contributed by atoms with Crippen molar-refractivity contribution in [2.75, 3.05) is 27.0 Å². The molecule has 1 atom stereocenters. The van der Waals surface area contributed by atoms with E-state index in [1.165, 1.54) is 4.68 Å². The van der Waals surface area contributed by atoms with Crippen LogP contribution in [0.15, 0.2) is 24.4 Å². The van der Waals surface area contributed by atoms with Crippen LogP contribution in [0.1, 0.15) is 30.0 Å². The van der Waals surface area contributed by atoms with Gasteiger partial charge in [0.05, 0.1) is 12.8 Å². The van der Waals surface area contributed by atoms with Crippen LogP contribution < -0.4 is 14.2 Å². The van der Waals surface area contributed by atoms with Gasteiger partial charge in [0.1, 0.15) is 6.54 Å². The average Bonchev–Trinajstić information content (AvgIpc) is 3.30. The maximum atomic E-state index is 10.8. The first-order chi connectivity index (χ1) is 13.1. The Morgan fingerprint density at radius 2 is 2.30 bits per heavy atom. The van der Waals surface area contributed by atoms with Gasteiger partial charge < -0.3 is 19.3 Å². The van der Waals surface area contributed by atoms with Crippen molar-refractivity contribution < 1.29 is 24.1 Å². The first kappa shape index (κ1) is 17.7. The third kappa shape index (κ3) is 3.85. The largest absolute Gasteiger partial charge is 0.493 e. The smallest absolute Gasteiger partial charge is 0.325 e. The van der Waals surface area contributed by atoms with Gasteiger partial charge in [-0.2, -0.15) is 5.10 Å². The number of likely N-dealkylation sites (tertiary alicyclic amines) is 1. The standard InChI is InChI=1S/C19H23N3O5/c1-25-16-7-13(8-17-19(16)27-12-26-17)9-21-5-2-3-14(10-21)15-4-6-22(20-15)11-18(23)24/h4,6-8,14H,2-3,5,9-12H2,1H3,(H,23,24)/t14-/m1/s1. The Balaban J connectivity index is 1.44. The molecule has 2 aromatic rings. The number of rotatable bonds is 6. The third-order valence-corrected chi connectivity index (χ3v) is 5.01. The fourth-order valence-electron chi connectivity index (χ4n) is 3.80. The second-order valence-electron chi connectivity index (χ2n) is 6.94. The highest BCUT2D eigenvalue weighted by atomic mass is 16.7. The van der Waals surface area contributed by atoms with E-state index in [4.69, 9.17) is 19.3 Å². The van der Waals surface area contributed by atoms with Gasteiger partial charge in [0, 0.05) is 25.2 Å². The van der Waals surface area contributed by atoms with Gasteiger partial charge in [-0.25, -0.2) is 0 Å². The number of fused-ring (bicyclic) bond motifs is 1. The van der Waals surface area contributed by atoms with E-state index in [-0.39, 0.29) is 13.3 Å². The molecule has 0 aliphatic carbocycles. The lowest BCUT2D eigenvalue weighted by atomic mass is 9.94. The fraction of sp³-hybridized carbons (Fsp3) is 0.474. The zero-order chi connectivity index (χ0) is 18.8. The Morgan fingerprint density at radius 1 is 1.41 bits per heavy atom. The molecule has 2 aliphatic rings. The topological polar surface area (TPSA) is 86.1 Å². The molecule has 0 radical (unpaired) electrons. The number of carbonyl (C=O) groups is 1. The van der Waals surface area contributed by atoms with Crippen molar-refractivity contribution in [1.29, 1.82) is 0 Å². The van der Waals surface area contributed by atoms with E-state index in [1.54, 1.807) is 13.3 Å². The van der Waals surface area contributed by atoms with Crippen LogP contribution in [0, 0.1) is 0 Å². The number of carboxylic acid groups (broad SMARTS) is 1. The molecule has 27 heavy (non-hydrogen) atoms. The van der Waals surface area contributed by atoms with Crippen LogP contribution >= 0.6 is 0 Å². The zero-order valence-corrected chi connectivity index (χ0v) is 15.3. The van der Waals surface area contributed by atoms with Gasteiger partial charge in [-0.1, -0.05) is 0 Å². The number of carboxylic acids is 1. The summed E-state index contributed by atoms with van der Waals surface area (Å²) in [4.78, 5) is 13.2. The van der Waals surface area contributed by atoms with E-state index in [2.05, 4.69) is 10.00 Å². The number of aromatic nitrogens is 2. The van der Waals surface area contributed by atoms with Gasteiger partial charge in [0.25, 0.3) is 0 Å². The molecule has 0 bridgehead atoms. The van der Waals surface area contributed by atoms with Crippen molar-refractivity contribution in [3.63, 3.8) is 0 Å². The molecule has 1 saturated heterocycles. The number of methoxy groups -OCH3 is 1. The summed E-state index contributed by atoms with van der Waals surface area (Å²) in [5.74, 6) is 1.52. The third-order valence-electron chi connectivity index (χ3n) is 5.01. The fourth-order valence-corrected chi connectivity index (χ4v) is 3.80. The number of benzene rings is 1. The second kappa shape index (κ2) is 7.48. The molecule has 1 aromatic heterocycles. The van der Waals surface area contributed by atoms with Crippen LogP contribution in [0.2, 0.25) is 0 Å². The molecule has 0 unspecified atom stereocenters. The van der Waals surface area contributed by atoms with Crippen molar-refractivity contribution >= 4 is 5.97 Å². The number of piperidine rings is 1. The van der Waals surface area contributed by atoms with E-state index >= 15 is 0 Å². The molecule has 0 amide bonds. The molecule has 1 fully saturated rings. The summed E-state index contributed by atoms with van der Waals surface area (Å²) in [6.07, 6.45) is 3.88. The van der Waals surface area contributed by atoms with E-state index in [0.29, 0.717) is 17.4 Å². The Hall–Kier alpha value is -2.74. The van der Waals surface area contributed by atoms with E-state index in [0.717, 1.165) is 49.5 Å². The SMILES string of the molecule is COc1cc(CN2CCC[C@@H](c3ccn(CC(=O)O)n3)C2)cc2c1OCO2. The highest BCUT2D eigenvalue weighted by molar-refractivity contribution is 5.66. The Bertz CT molecular complexity index is 835. The number of ether oxygens (including phenoxy) is 3. The highest BCUT2D eigenvalue weighted by Crippen LogP contribution is 2.42. The molecule has 1 N–H and O–H groups in total. The van der Waals surface area contributed by atoms with Crippen LogP contribution in [0.3, 0.4) is 0 Å². The van der Waals surface area contributed by atoms with Crippen molar-refractivity contribution in [2.45, 2.75) is 31.8 Å².